The Hall–Kier alpha value is -2.71. The first kappa shape index (κ1) is 22.0. The van der Waals surface area contributed by atoms with Crippen molar-refractivity contribution in [1.29, 1.82) is 0 Å². The Morgan fingerprint density at radius 1 is 0.900 bits per heavy atom. The van der Waals surface area contributed by atoms with Crippen molar-refractivity contribution >= 4 is 21.9 Å². The van der Waals surface area contributed by atoms with Gasteiger partial charge in [-0.2, -0.15) is 8.42 Å². The predicted octanol–water partition coefficient (Wildman–Crippen LogP) is 4.18. The number of imide groups is 1. The Bertz CT molecular complexity index is 1020. The van der Waals surface area contributed by atoms with E-state index in [0.717, 1.165) is 25.7 Å². The quantitative estimate of drug-likeness (QED) is 0.437. The highest BCUT2D eigenvalue weighted by Crippen LogP contribution is 2.30. The fourth-order valence-corrected chi connectivity index (χ4v) is 4.42. The van der Waals surface area contributed by atoms with Gasteiger partial charge in [0.1, 0.15) is 5.75 Å². The Labute approximate surface area is 176 Å². The average Bonchev–Trinajstić information content (AvgIpc) is 2.94. The maximum absolute atomic E-state index is 12.8. The lowest BCUT2D eigenvalue weighted by atomic mass is 10.1. The molecule has 0 atom stereocenters. The topological polar surface area (TPSA) is 90.0 Å². The number of hydrogen-bond acceptors (Lipinski definition) is 6. The molecule has 2 amide bonds. The largest absolute Gasteiger partial charge is 0.493 e. The molecule has 1 aliphatic heterocycles. The van der Waals surface area contributed by atoms with Gasteiger partial charge in [-0.15, -0.1) is 9.35 Å². The minimum atomic E-state index is -4.39. The van der Waals surface area contributed by atoms with E-state index in [0.29, 0.717) is 28.5 Å². The van der Waals surface area contributed by atoms with E-state index in [9.17, 15) is 18.0 Å². The molecule has 0 N–H and O–H groups in total. The van der Waals surface area contributed by atoms with Crippen LogP contribution in [0.15, 0.2) is 41.3 Å². The van der Waals surface area contributed by atoms with Gasteiger partial charge in [-0.1, -0.05) is 38.3 Å². The number of fused-ring (bicyclic) bond motifs is 1. The lowest BCUT2D eigenvalue weighted by Crippen LogP contribution is -2.32. The van der Waals surface area contributed by atoms with Crippen LogP contribution in [0, 0.1) is 13.8 Å². The van der Waals surface area contributed by atoms with Crippen LogP contribution < -0.4 is 4.74 Å². The third-order valence-corrected chi connectivity index (χ3v) is 6.05. The second kappa shape index (κ2) is 8.97. The number of carbonyl (C=O) groups excluding carboxylic acids is 2. The maximum atomic E-state index is 12.8. The molecule has 2 aromatic rings. The van der Waals surface area contributed by atoms with Crippen molar-refractivity contribution in [3.05, 3.63) is 58.7 Å². The molecule has 8 heteroatoms. The van der Waals surface area contributed by atoms with Gasteiger partial charge in [0.2, 0.25) is 0 Å². The third kappa shape index (κ3) is 4.39. The molecule has 0 fully saturated rings. The van der Waals surface area contributed by atoms with Gasteiger partial charge in [-0.3, -0.25) is 9.59 Å². The number of unbranched alkanes of at least 4 members (excludes halogenated alkanes) is 3. The van der Waals surface area contributed by atoms with Gasteiger partial charge < -0.3 is 4.74 Å². The smallest absolute Gasteiger partial charge is 0.318 e. The molecule has 0 saturated heterocycles. The molecule has 3 rings (SSSR count). The number of hydroxylamine groups is 2. The molecule has 1 heterocycles. The molecule has 0 aromatic heterocycles. The Balaban J connectivity index is 1.77. The fraction of sp³-hybridized carbons (Fsp3) is 0.364. The van der Waals surface area contributed by atoms with Crippen LogP contribution >= 0.6 is 0 Å². The first-order valence-corrected chi connectivity index (χ1v) is 11.3. The monoisotopic (exact) mass is 431 g/mol. The standard InChI is InChI=1S/C22H25NO6S/c1-4-5-6-9-12-28-20-15(2)13-17(14-16(20)3)30(26,27)29-23-21(24)18-10-7-8-11-19(18)22(23)25/h7-8,10-11,13-14H,4-6,9,12H2,1-3H3. The second-order valence-corrected chi connectivity index (χ2v) is 8.80. The molecule has 0 bridgehead atoms. The number of hydrogen-bond donors (Lipinski definition) is 0. The minimum Gasteiger partial charge on any atom is -0.493 e. The van der Waals surface area contributed by atoms with Crippen molar-refractivity contribution < 1.29 is 27.0 Å². The highest BCUT2D eigenvalue weighted by molar-refractivity contribution is 7.86. The number of rotatable bonds is 9. The lowest BCUT2D eigenvalue weighted by molar-refractivity contribution is -0.0103. The van der Waals surface area contributed by atoms with Gasteiger partial charge >= 0.3 is 10.1 Å². The Morgan fingerprint density at radius 2 is 1.47 bits per heavy atom. The summed E-state index contributed by atoms with van der Waals surface area (Å²) in [5, 5.41) is 0.294. The normalized spacial score (nSPS) is 13.6. The molecule has 2 aromatic carbocycles. The van der Waals surface area contributed by atoms with Crippen molar-refractivity contribution in [2.24, 2.45) is 0 Å². The summed E-state index contributed by atoms with van der Waals surface area (Å²) in [4.78, 5) is 24.6. The van der Waals surface area contributed by atoms with Gasteiger partial charge in [-0.25, -0.2) is 0 Å². The minimum absolute atomic E-state index is 0.108. The summed E-state index contributed by atoms with van der Waals surface area (Å²) in [5.74, 6) is -0.981. The van der Waals surface area contributed by atoms with Gasteiger partial charge in [0.05, 0.1) is 22.6 Å². The summed E-state index contributed by atoms with van der Waals surface area (Å²) in [6.07, 6.45) is 4.29. The highest BCUT2D eigenvalue weighted by Gasteiger charge is 2.40. The van der Waals surface area contributed by atoms with Gasteiger partial charge in [0, 0.05) is 0 Å². The van der Waals surface area contributed by atoms with E-state index in [1.807, 2.05) is 0 Å². The number of benzene rings is 2. The molecule has 0 aliphatic carbocycles. The molecule has 0 saturated carbocycles. The van der Waals surface area contributed by atoms with E-state index in [1.165, 1.54) is 24.3 Å². The molecule has 0 spiro atoms. The summed E-state index contributed by atoms with van der Waals surface area (Å²) in [6.45, 7) is 6.18. The van der Waals surface area contributed by atoms with Crippen LogP contribution in [0.2, 0.25) is 0 Å². The summed E-state index contributed by atoms with van der Waals surface area (Å²) >= 11 is 0. The predicted molar refractivity (Wildman–Crippen MR) is 111 cm³/mol. The van der Waals surface area contributed by atoms with E-state index in [-0.39, 0.29) is 16.0 Å². The SMILES string of the molecule is CCCCCCOc1c(C)cc(S(=O)(=O)ON2C(=O)c3ccccc3C2=O)cc1C. The van der Waals surface area contributed by atoms with Crippen molar-refractivity contribution in [3.63, 3.8) is 0 Å². The number of ether oxygens (including phenoxy) is 1. The Morgan fingerprint density at radius 3 is 2.00 bits per heavy atom. The van der Waals surface area contributed by atoms with E-state index >= 15 is 0 Å². The molecule has 1 aliphatic rings. The number of aryl methyl sites for hydroxylation is 2. The zero-order valence-corrected chi connectivity index (χ0v) is 18.1. The molecule has 7 nitrogen and oxygen atoms in total. The van der Waals surface area contributed by atoms with Crippen molar-refractivity contribution in [3.8, 4) is 5.75 Å². The van der Waals surface area contributed by atoms with Gasteiger partial charge in [0.15, 0.2) is 0 Å². The molecule has 0 unspecified atom stereocenters. The fourth-order valence-electron chi connectivity index (χ4n) is 3.36. The average molecular weight is 432 g/mol. The number of nitrogens with zero attached hydrogens (tertiary/aromatic N) is 1. The Kier molecular flexibility index (Phi) is 6.58. The number of carbonyl (C=O) groups is 2. The number of amides is 2. The van der Waals surface area contributed by atoms with E-state index < -0.39 is 21.9 Å². The summed E-state index contributed by atoms with van der Waals surface area (Å²) in [7, 11) is -4.39. The molecule has 160 valence electrons. The van der Waals surface area contributed by atoms with Crippen LogP contribution in [0.3, 0.4) is 0 Å². The molecular formula is C22H25NO6S. The summed E-state index contributed by atoms with van der Waals surface area (Å²) in [6, 6.07) is 8.92. The summed E-state index contributed by atoms with van der Waals surface area (Å²) < 4.78 is 36.3. The van der Waals surface area contributed by atoms with E-state index in [1.54, 1.807) is 26.0 Å². The highest BCUT2D eigenvalue weighted by atomic mass is 32.2. The van der Waals surface area contributed by atoms with E-state index in [4.69, 9.17) is 9.02 Å². The van der Waals surface area contributed by atoms with Crippen LogP contribution in [0.1, 0.15) is 64.4 Å². The van der Waals surface area contributed by atoms with Crippen LogP contribution in [0.5, 0.6) is 5.75 Å². The lowest BCUT2D eigenvalue weighted by Gasteiger charge is -2.16. The van der Waals surface area contributed by atoms with Crippen molar-refractivity contribution in [2.45, 2.75) is 51.3 Å². The van der Waals surface area contributed by atoms with Crippen molar-refractivity contribution in [1.82, 2.24) is 5.06 Å². The maximum Gasteiger partial charge on any atom is 0.318 e. The molecule has 30 heavy (non-hydrogen) atoms. The first-order valence-electron chi connectivity index (χ1n) is 9.92. The molecular weight excluding hydrogens is 406 g/mol. The third-order valence-electron chi connectivity index (χ3n) is 4.90. The van der Waals surface area contributed by atoms with Gasteiger partial charge in [0.25, 0.3) is 11.8 Å². The second-order valence-electron chi connectivity index (χ2n) is 7.27. The zero-order valence-electron chi connectivity index (χ0n) is 17.3. The van der Waals surface area contributed by atoms with Crippen LogP contribution in [0.4, 0.5) is 0 Å². The van der Waals surface area contributed by atoms with Crippen LogP contribution in [-0.4, -0.2) is 31.9 Å². The zero-order chi connectivity index (χ0) is 21.9. The first-order chi connectivity index (χ1) is 14.3. The summed E-state index contributed by atoms with van der Waals surface area (Å²) in [5.41, 5.74) is 1.49. The van der Waals surface area contributed by atoms with E-state index in [2.05, 4.69) is 6.92 Å². The van der Waals surface area contributed by atoms with Crippen LogP contribution in [-0.2, 0) is 14.4 Å². The van der Waals surface area contributed by atoms with Crippen LogP contribution in [0.25, 0.3) is 0 Å². The van der Waals surface area contributed by atoms with Gasteiger partial charge in [-0.05, 0) is 55.7 Å². The molecule has 0 radical (unpaired) electrons. The van der Waals surface area contributed by atoms with Crippen molar-refractivity contribution in [2.75, 3.05) is 6.61 Å².